The van der Waals surface area contributed by atoms with E-state index in [4.69, 9.17) is 9.47 Å². The second-order valence-electron chi connectivity index (χ2n) is 5.72. The van der Waals surface area contributed by atoms with Gasteiger partial charge in [0.1, 0.15) is 18.5 Å². The van der Waals surface area contributed by atoms with Gasteiger partial charge in [0.25, 0.3) is 5.91 Å². The summed E-state index contributed by atoms with van der Waals surface area (Å²) in [6, 6.07) is 9.97. The maximum Gasteiger partial charge on any atom is 0.276 e. The Labute approximate surface area is 134 Å². The molecule has 0 unspecified atom stereocenters. The molecular weight excluding hydrogens is 294 g/mol. The van der Waals surface area contributed by atoms with Crippen molar-refractivity contribution in [1.29, 1.82) is 0 Å². The average molecular weight is 313 g/mol. The third-order valence-electron chi connectivity index (χ3n) is 4.20. The standard InChI is InChI=1S/C17H19N3O3/c21-17-16-14(23-11-13-5-2-1-3-6-13)7-4-8-20(16)18-15-12-22-10-9-19(15)17/h1-6,8,15,18H,7,9-12H2/t15-/m0/s1. The SMILES string of the molecule is O=C1C2=C(OCc3ccccc3)CC=CN2N[C@@H]2COCCN12. The van der Waals surface area contributed by atoms with E-state index in [1.165, 1.54) is 0 Å². The van der Waals surface area contributed by atoms with Crippen molar-refractivity contribution in [2.45, 2.75) is 19.2 Å². The lowest BCUT2D eigenvalue weighted by Crippen LogP contribution is -2.65. The number of fused-ring (bicyclic) bond motifs is 2. The minimum Gasteiger partial charge on any atom is -0.490 e. The molecule has 6 heteroatoms. The summed E-state index contributed by atoms with van der Waals surface area (Å²) >= 11 is 0. The van der Waals surface area contributed by atoms with Crippen molar-refractivity contribution in [2.24, 2.45) is 0 Å². The molecule has 4 rings (SSSR count). The van der Waals surface area contributed by atoms with Crippen LogP contribution in [0.2, 0.25) is 0 Å². The van der Waals surface area contributed by atoms with Gasteiger partial charge in [0, 0.05) is 19.2 Å². The van der Waals surface area contributed by atoms with Crippen LogP contribution in [-0.4, -0.2) is 41.7 Å². The minimum atomic E-state index is -0.113. The van der Waals surface area contributed by atoms with Gasteiger partial charge in [-0.1, -0.05) is 36.4 Å². The highest BCUT2D eigenvalue weighted by atomic mass is 16.5. The van der Waals surface area contributed by atoms with Crippen molar-refractivity contribution in [3.05, 3.63) is 59.6 Å². The quantitative estimate of drug-likeness (QED) is 0.912. The number of nitrogens with one attached hydrogen (secondary N) is 1. The summed E-state index contributed by atoms with van der Waals surface area (Å²) in [5.41, 5.74) is 4.97. The molecule has 0 bridgehead atoms. The molecule has 120 valence electrons. The third-order valence-corrected chi connectivity index (χ3v) is 4.20. The molecule has 0 radical (unpaired) electrons. The van der Waals surface area contributed by atoms with Gasteiger partial charge in [-0.3, -0.25) is 9.80 Å². The Morgan fingerprint density at radius 1 is 1.30 bits per heavy atom. The van der Waals surface area contributed by atoms with E-state index in [1.54, 1.807) is 5.01 Å². The monoisotopic (exact) mass is 313 g/mol. The van der Waals surface area contributed by atoms with Crippen LogP contribution < -0.4 is 5.43 Å². The first-order chi connectivity index (χ1) is 11.3. The van der Waals surface area contributed by atoms with Crippen molar-refractivity contribution in [3.63, 3.8) is 0 Å². The molecule has 1 aromatic carbocycles. The molecule has 1 aromatic rings. The molecule has 0 aliphatic carbocycles. The van der Waals surface area contributed by atoms with Crippen LogP contribution in [0.25, 0.3) is 0 Å². The molecule has 2 fully saturated rings. The summed E-state index contributed by atoms with van der Waals surface area (Å²) in [4.78, 5) is 14.7. The van der Waals surface area contributed by atoms with Gasteiger partial charge < -0.3 is 14.4 Å². The van der Waals surface area contributed by atoms with Gasteiger partial charge in [0.05, 0.1) is 13.2 Å². The Hall–Kier alpha value is -2.31. The fourth-order valence-corrected chi connectivity index (χ4v) is 3.02. The second kappa shape index (κ2) is 6.06. The summed E-state index contributed by atoms with van der Waals surface area (Å²) in [7, 11) is 0. The first-order valence-corrected chi connectivity index (χ1v) is 7.83. The number of rotatable bonds is 3. The molecule has 3 aliphatic rings. The van der Waals surface area contributed by atoms with E-state index in [1.807, 2.05) is 47.5 Å². The Bertz CT molecular complexity index is 656. The van der Waals surface area contributed by atoms with Gasteiger partial charge in [-0.25, -0.2) is 5.43 Å². The molecule has 6 nitrogen and oxygen atoms in total. The summed E-state index contributed by atoms with van der Waals surface area (Å²) in [5, 5.41) is 1.77. The van der Waals surface area contributed by atoms with E-state index in [-0.39, 0.29) is 12.1 Å². The van der Waals surface area contributed by atoms with Crippen molar-refractivity contribution < 1.29 is 14.3 Å². The molecule has 3 aliphatic heterocycles. The van der Waals surface area contributed by atoms with Crippen molar-refractivity contribution >= 4 is 5.91 Å². The van der Waals surface area contributed by atoms with E-state index >= 15 is 0 Å². The van der Waals surface area contributed by atoms with Crippen LogP contribution in [0.1, 0.15) is 12.0 Å². The minimum absolute atomic E-state index is 0.00413. The van der Waals surface area contributed by atoms with Crippen LogP contribution in [0.4, 0.5) is 0 Å². The Morgan fingerprint density at radius 2 is 2.17 bits per heavy atom. The molecule has 1 N–H and O–H groups in total. The number of carbonyl (C=O) groups excluding carboxylic acids is 1. The number of ether oxygens (including phenoxy) is 2. The molecule has 3 heterocycles. The lowest BCUT2D eigenvalue weighted by atomic mass is 10.1. The van der Waals surface area contributed by atoms with Crippen LogP contribution in [-0.2, 0) is 20.9 Å². The number of benzene rings is 1. The summed E-state index contributed by atoms with van der Waals surface area (Å²) in [6.45, 7) is 2.14. The summed E-state index contributed by atoms with van der Waals surface area (Å²) < 4.78 is 11.4. The van der Waals surface area contributed by atoms with E-state index in [0.717, 1.165) is 5.56 Å². The number of morpholine rings is 1. The normalized spacial score (nSPS) is 23.7. The summed E-state index contributed by atoms with van der Waals surface area (Å²) in [6.07, 6.45) is 4.39. The Morgan fingerprint density at radius 3 is 3.04 bits per heavy atom. The van der Waals surface area contributed by atoms with Crippen LogP contribution in [0.15, 0.2) is 54.1 Å². The predicted octanol–water partition coefficient (Wildman–Crippen LogP) is 1.34. The van der Waals surface area contributed by atoms with Crippen LogP contribution in [0.3, 0.4) is 0 Å². The molecule has 2 saturated heterocycles. The lowest BCUT2D eigenvalue weighted by molar-refractivity contribution is -0.148. The zero-order valence-electron chi connectivity index (χ0n) is 12.8. The number of nitrogens with zero attached hydrogens (tertiary/aromatic N) is 2. The maximum atomic E-state index is 12.8. The molecule has 23 heavy (non-hydrogen) atoms. The van der Waals surface area contributed by atoms with Crippen LogP contribution >= 0.6 is 0 Å². The van der Waals surface area contributed by atoms with Crippen LogP contribution in [0, 0.1) is 0 Å². The number of hydrogen-bond acceptors (Lipinski definition) is 5. The molecular formula is C17H19N3O3. The van der Waals surface area contributed by atoms with Crippen LogP contribution in [0.5, 0.6) is 0 Å². The first kappa shape index (κ1) is 14.3. The van der Waals surface area contributed by atoms with Gasteiger partial charge in [0.15, 0.2) is 5.70 Å². The molecule has 0 saturated carbocycles. The van der Waals surface area contributed by atoms with E-state index in [2.05, 4.69) is 5.43 Å². The number of hydrazine groups is 1. The number of allylic oxidation sites excluding steroid dienone is 1. The molecule has 1 amide bonds. The molecule has 0 spiro atoms. The fourth-order valence-electron chi connectivity index (χ4n) is 3.02. The van der Waals surface area contributed by atoms with Crippen molar-refractivity contribution in [2.75, 3.05) is 19.8 Å². The van der Waals surface area contributed by atoms with E-state index in [0.29, 0.717) is 44.2 Å². The molecule has 1 atom stereocenters. The van der Waals surface area contributed by atoms with E-state index in [9.17, 15) is 4.79 Å². The molecule has 0 aromatic heterocycles. The number of carbonyl (C=O) groups is 1. The van der Waals surface area contributed by atoms with Gasteiger partial charge >= 0.3 is 0 Å². The smallest absolute Gasteiger partial charge is 0.276 e. The number of amides is 1. The van der Waals surface area contributed by atoms with Crippen molar-refractivity contribution in [3.8, 4) is 0 Å². The third kappa shape index (κ3) is 2.71. The first-order valence-electron chi connectivity index (χ1n) is 7.83. The van der Waals surface area contributed by atoms with E-state index < -0.39 is 0 Å². The Kier molecular flexibility index (Phi) is 3.77. The summed E-state index contributed by atoms with van der Waals surface area (Å²) in [5.74, 6) is 0.711. The topological polar surface area (TPSA) is 54.0 Å². The predicted molar refractivity (Wildman–Crippen MR) is 83.3 cm³/mol. The van der Waals surface area contributed by atoms with Gasteiger partial charge in [-0.2, -0.15) is 0 Å². The second-order valence-corrected chi connectivity index (χ2v) is 5.72. The fraction of sp³-hybridized carbons (Fsp3) is 0.353. The van der Waals surface area contributed by atoms with Gasteiger partial charge in [-0.05, 0) is 5.56 Å². The highest BCUT2D eigenvalue weighted by Gasteiger charge is 2.40. The van der Waals surface area contributed by atoms with Gasteiger partial charge in [0.2, 0.25) is 0 Å². The highest BCUT2D eigenvalue weighted by Crippen LogP contribution is 2.27. The number of hydrogen-bond donors (Lipinski definition) is 1. The van der Waals surface area contributed by atoms with Gasteiger partial charge in [-0.15, -0.1) is 0 Å². The average Bonchev–Trinajstić information content (AvgIpc) is 2.61. The Balaban J connectivity index is 1.56. The maximum absolute atomic E-state index is 12.8. The highest BCUT2D eigenvalue weighted by molar-refractivity contribution is 5.94. The zero-order valence-corrected chi connectivity index (χ0v) is 12.8. The van der Waals surface area contributed by atoms with Crippen molar-refractivity contribution in [1.82, 2.24) is 15.3 Å². The zero-order chi connectivity index (χ0) is 15.6. The largest absolute Gasteiger partial charge is 0.490 e. The lowest BCUT2D eigenvalue weighted by Gasteiger charge is -2.45.